The number of rotatable bonds is 6. The molecule has 1 unspecified atom stereocenters. The lowest BCUT2D eigenvalue weighted by Gasteiger charge is -2.18. The van der Waals surface area contributed by atoms with Crippen LogP contribution in [0.3, 0.4) is 0 Å². The fourth-order valence-corrected chi connectivity index (χ4v) is 2.27. The van der Waals surface area contributed by atoms with Gasteiger partial charge in [0.25, 0.3) is 0 Å². The second-order valence-electron chi connectivity index (χ2n) is 5.05. The van der Waals surface area contributed by atoms with Crippen LogP contribution in [0.25, 0.3) is 0 Å². The van der Waals surface area contributed by atoms with E-state index in [1.807, 2.05) is 6.92 Å². The summed E-state index contributed by atoms with van der Waals surface area (Å²) in [4.78, 5) is 12.5. The smallest absolute Gasteiger partial charge is 0.406 e. The zero-order valence-electron chi connectivity index (χ0n) is 12.7. The number of anilines is 1. The average molecular weight is 358 g/mol. The summed E-state index contributed by atoms with van der Waals surface area (Å²) < 4.78 is 40.7. The monoisotopic (exact) mass is 357 g/mol. The number of carbonyl (C=O) groups is 1. The minimum absolute atomic E-state index is 0.144. The molecular weight excluding hydrogens is 343 g/mol. The number of alkyl halides is 3. The number of Topliss-reactive ketones (excluding diaryl/α,β-unsaturated/α-hetero) is 1. The van der Waals surface area contributed by atoms with Crippen LogP contribution in [-0.2, 0) is 0 Å². The molecule has 2 aromatic carbocycles. The number of halogens is 4. The molecule has 0 amide bonds. The first-order chi connectivity index (χ1) is 11.3. The van der Waals surface area contributed by atoms with Crippen LogP contribution in [-0.4, -0.2) is 18.2 Å². The van der Waals surface area contributed by atoms with E-state index in [-0.39, 0.29) is 11.3 Å². The van der Waals surface area contributed by atoms with E-state index in [1.165, 1.54) is 12.1 Å². The summed E-state index contributed by atoms with van der Waals surface area (Å²) in [6, 6.07) is 11.3. The Hall–Kier alpha value is -2.21. The van der Waals surface area contributed by atoms with E-state index >= 15 is 0 Å². The van der Waals surface area contributed by atoms with Gasteiger partial charge in [-0.1, -0.05) is 30.7 Å². The van der Waals surface area contributed by atoms with Gasteiger partial charge in [0.05, 0.1) is 6.04 Å². The third-order valence-electron chi connectivity index (χ3n) is 3.26. The van der Waals surface area contributed by atoms with Gasteiger partial charge in [-0.15, -0.1) is 13.2 Å². The van der Waals surface area contributed by atoms with Gasteiger partial charge in [-0.05, 0) is 42.8 Å². The molecular formula is C17H15ClF3NO2. The third kappa shape index (κ3) is 5.16. The van der Waals surface area contributed by atoms with Gasteiger partial charge in [0.1, 0.15) is 5.75 Å². The van der Waals surface area contributed by atoms with E-state index in [4.69, 9.17) is 11.6 Å². The van der Waals surface area contributed by atoms with Gasteiger partial charge in [0.15, 0.2) is 5.78 Å². The lowest BCUT2D eigenvalue weighted by molar-refractivity contribution is -0.274. The maximum Gasteiger partial charge on any atom is 0.573 e. The molecule has 3 nitrogen and oxygen atoms in total. The Labute approximate surface area is 142 Å². The quantitative estimate of drug-likeness (QED) is 0.712. The van der Waals surface area contributed by atoms with Crippen molar-refractivity contribution in [3.8, 4) is 5.75 Å². The molecule has 128 valence electrons. The number of hydrogen-bond acceptors (Lipinski definition) is 3. The third-order valence-corrected chi connectivity index (χ3v) is 3.51. The summed E-state index contributed by atoms with van der Waals surface area (Å²) >= 11 is 5.81. The van der Waals surface area contributed by atoms with Crippen LogP contribution in [0, 0.1) is 0 Å². The standard InChI is InChI=1S/C17H15ClF3NO2/c1-2-15(22-13-8-6-12(18)7-9-13)16(23)11-4-3-5-14(10-11)24-17(19,20)21/h3-10,15,22H,2H2,1H3. The van der Waals surface area contributed by atoms with Gasteiger partial charge < -0.3 is 10.1 Å². The second-order valence-corrected chi connectivity index (χ2v) is 5.49. The molecule has 24 heavy (non-hydrogen) atoms. The first-order valence-electron chi connectivity index (χ1n) is 7.20. The van der Waals surface area contributed by atoms with Gasteiger partial charge in [0, 0.05) is 16.3 Å². The largest absolute Gasteiger partial charge is 0.573 e. The highest BCUT2D eigenvalue weighted by Gasteiger charge is 2.31. The van der Waals surface area contributed by atoms with E-state index in [0.29, 0.717) is 17.1 Å². The van der Waals surface area contributed by atoms with Gasteiger partial charge in [-0.25, -0.2) is 0 Å². The first kappa shape index (κ1) is 18.1. The van der Waals surface area contributed by atoms with E-state index in [2.05, 4.69) is 10.1 Å². The highest BCUT2D eigenvalue weighted by molar-refractivity contribution is 6.30. The van der Waals surface area contributed by atoms with Crippen molar-refractivity contribution in [2.75, 3.05) is 5.32 Å². The number of hydrogen-bond donors (Lipinski definition) is 1. The van der Waals surface area contributed by atoms with Crippen LogP contribution in [0.2, 0.25) is 5.02 Å². The summed E-state index contributed by atoms with van der Waals surface area (Å²) in [5, 5.41) is 3.62. The zero-order chi connectivity index (χ0) is 17.7. The maximum absolute atomic E-state index is 12.5. The molecule has 2 aromatic rings. The van der Waals surface area contributed by atoms with Crippen LogP contribution in [0.1, 0.15) is 23.7 Å². The molecule has 2 rings (SSSR count). The summed E-state index contributed by atoms with van der Waals surface area (Å²) in [5.41, 5.74) is 0.840. The summed E-state index contributed by atoms with van der Waals surface area (Å²) in [6.45, 7) is 1.81. The topological polar surface area (TPSA) is 38.3 Å². The molecule has 0 aromatic heterocycles. The predicted molar refractivity (Wildman–Crippen MR) is 86.6 cm³/mol. The number of carbonyl (C=O) groups excluding carboxylic acids is 1. The zero-order valence-corrected chi connectivity index (χ0v) is 13.5. The van der Waals surface area contributed by atoms with Crippen LogP contribution >= 0.6 is 11.6 Å². The van der Waals surface area contributed by atoms with Crippen molar-refractivity contribution in [1.82, 2.24) is 0 Å². The molecule has 0 heterocycles. The normalized spacial score (nSPS) is 12.5. The van der Waals surface area contributed by atoms with Gasteiger partial charge >= 0.3 is 6.36 Å². The minimum atomic E-state index is -4.80. The Morgan fingerprint density at radius 2 is 1.88 bits per heavy atom. The molecule has 0 radical (unpaired) electrons. The van der Waals surface area contributed by atoms with Crippen molar-refractivity contribution in [1.29, 1.82) is 0 Å². The van der Waals surface area contributed by atoms with Crippen molar-refractivity contribution in [2.45, 2.75) is 25.7 Å². The second kappa shape index (κ2) is 7.57. The van der Waals surface area contributed by atoms with Crippen molar-refractivity contribution in [3.05, 3.63) is 59.1 Å². The molecule has 0 fully saturated rings. The molecule has 0 aliphatic heterocycles. The van der Waals surface area contributed by atoms with Crippen LogP contribution < -0.4 is 10.1 Å². The van der Waals surface area contributed by atoms with E-state index in [0.717, 1.165) is 12.1 Å². The van der Waals surface area contributed by atoms with Crippen molar-refractivity contribution >= 4 is 23.1 Å². The summed E-state index contributed by atoms with van der Waals surface area (Å²) in [6.07, 6.45) is -4.33. The highest BCUT2D eigenvalue weighted by Crippen LogP contribution is 2.24. The Morgan fingerprint density at radius 3 is 2.46 bits per heavy atom. The molecule has 0 saturated heterocycles. The number of benzene rings is 2. The molecule has 0 bridgehead atoms. The lowest BCUT2D eigenvalue weighted by atomic mass is 10.0. The average Bonchev–Trinajstić information content (AvgIpc) is 2.52. The fourth-order valence-electron chi connectivity index (χ4n) is 2.15. The van der Waals surface area contributed by atoms with Crippen LogP contribution in [0.5, 0.6) is 5.75 Å². The Morgan fingerprint density at radius 1 is 1.21 bits per heavy atom. The van der Waals surface area contributed by atoms with E-state index in [9.17, 15) is 18.0 Å². The summed E-state index contributed by atoms with van der Waals surface area (Å²) in [5.74, 6) is -0.741. The number of nitrogens with one attached hydrogen (secondary N) is 1. The highest BCUT2D eigenvalue weighted by atomic mass is 35.5. The summed E-state index contributed by atoms with van der Waals surface area (Å²) in [7, 11) is 0. The van der Waals surface area contributed by atoms with Crippen molar-refractivity contribution in [2.24, 2.45) is 0 Å². The molecule has 0 spiro atoms. The maximum atomic E-state index is 12.5. The van der Waals surface area contributed by atoms with E-state index in [1.54, 1.807) is 24.3 Å². The number of ketones is 1. The molecule has 0 aliphatic carbocycles. The Kier molecular flexibility index (Phi) is 5.72. The van der Waals surface area contributed by atoms with Crippen molar-refractivity contribution in [3.63, 3.8) is 0 Å². The van der Waals surface area contributed by atoms with Gasteiger partial charge in [-0.2, -0.15) is 0 Å². The SMILES string of the molecule is CCC(Nc1ccc(Cl)cc1)C(=O)c1cccc(OC(F)(F)F)c1. The molecule has 0 saturated carbocycles. The van der Waals surface area contributed by atoms with Gasteiger partial charge in [0.2, 0.25) is 0 Å². The van der Waals surface area contributed by atoms with Crippen molar-refractivity contribution < 1.29 is 22.7 Å². The molecule has 0 aliphatic rings. The Balaban J connectivity index is 2.16. The van der Waals surface area contributed by atoms with Gasteiger partial charge in [-0.3, -0.25) is 4.79 Å². The number of ether oxygens (including phenoxy) is 1. The Bertz CT molecular complexity index is 702. The molecule has 1 atom stereocenters. The molecule has 1 N–H and O–H groups in total. The lowest BCUT2D eigenvalue weighted by Crippen LogP contribution is -2.29. The van der Waals surface area contributed by atoms with Crippen LogP contribution in [0.15, 0.2) is 48.5 Å². The fraction of sp³-hybridized carbons (Fsp3) is 0.235. The van der Waals surface area contributed by atoms with E-state index < -0.39 is 18.2 Å². The predicted octanol–water partition coefficient (Wildman–Crippen LogP) is 5.31. The molecule has 7 heteroatoms. The first-order valence-corrected chi connectivity index (χ1v) is 7.58. The van der Waals surface area contributed by atoms with Crippen LogP contribution in [0.4, 0.5) is 18.9 Å². The minimum Gasteiger partial charge on any atom is -0.406 e.